The minimum atomic E-state index is -0.684. The van der Waals surface area contributed by atoms with E-state index in [4.69, 9.17) is 4.74 Å². The molecule has 0 spiro atoms. The van der Waals surface area contributed by atoms with Crippen LogP contribution in [0.15, 0.2) is 12.4 Å². The molecule has 1 aromatic heterocycles. The minimum absolute atomic E-state index is 0.206. The Morgan fingerprint density at radius 1 is 1.32 bits per heavy atom. The van der Waals surface area contributed by atoms with E-state index in [0.717, 1.165) is 11.3 Å². The molecule has 31 heavy (non-hydrogen) atoms. The van der Waals surface area contributed by atoms with Crippen molar-refractivity contribution >= 4 is 29.7 Å². The molecule has 2 atom stereocenters. The van der Waals surface area contributed by atoms with E-state index < -0.39 is 23.8 Å². The lowest BCUT2D eigenvalue weighted by molar-refractivity contribution is -0.131. The second-order valence-corrected chi connectivity index (χ2v) is 10.3. The van der Waals surface area contributed by atoms with E-state index in [9.17, 15) is 14.4 Å². The topological polar surface area (TPSA) is 106 Å². The lowest BCUT2D eigenvalue weighted by Gasteiger charge is -2.36. The van der Waals surface area contributed by atoms with Crippen molar-refractivity contribution < 1.29 is 19.1 Å². The molecule has 1 aliphatic rings. The first kappa shape index (κ1) is 25.0. The Morgan fingerprint density at radius 3 is 2.61 bits per heavy atom. The number of ether oxygens (including phenoxy) is 1. The number of rotatable bonds is 7. The zero-order chi connectivity index (χ0) is 23.2. The Hall–Kier alpha value is -2.23. The Morgan fingerprint density at radius 2 is 2.03 bits per heavy atom. The molecule has 3 amide bonds. The number of carbonyl (C=O) groups is 3. The first-order valence-corrected chi connectivity index (χ1v) is 11.7. The molecule has 0 saturated carbocycles. The van der Waals surface area contributed by atoms with Crippen molar-refractivity contribution in [3.63, 3.8) is 0 Å². The zero-order valence-electron chi connectivity index (χ0n) is 19.3. The summed E-state index contributed by atoms with van der Waals surface area (Å²) < 4.78 is 7.14. The van der Waals surface area contributed by atoms with Crippen LogP contribution in [0.5, 0.6) is 0 Å². The van der Waals surface area contributed by atoms with Gasteiger partial charge in [-0.05, 0) is 33.1 Å². The van der Waals surface area contributed by atoms with E-state index >= 15 is 0 Å². The largest absolute Gasteiger partial charge is 0.444 e. The number of amides is 3. The molecule has 174 valence electrons. The van der Waals surface area contributed by atoms with Crippen molar-refractivity contribution in [2.75, 3.05) is 18.1 Å². The number of hydrogen-bond donors (Lipinski definition) is 2. The summed E-state index contributed by atoms with van der Waals surface area (Å²) in [7, 11) is 1.81. The Bertz CT molecular complexity index is 774. The maximum atomic E-state index is 13.1. The van der Waals surface area contributed by atoms with Crippen LogP contribution in [-0.2, 0) is 27.9 Å². The van der Waals surface area contributed by atoms with Crippen molar-refractivity contribution in [1.82, 2.24) is 25.3 Å². The van der Waals surface area contributed by atoms with E-state index in [-0.39, 0.29) is 17.7 Å². The quantitative estimate of drug-likeness (QED) is 0.653. The molecule has 10 heteroatoms. The van der Waals surface area contributed by atoms with Gasteiger partial charge in [-0.15, -0.1) is 0 Å². The number of nitrogens with one attached hydrogen (secondary N) is 2. The highest BCUT2D eigenvalue weighted by Crippen LogP contribution is 2.20. The van der Waals surface area contributed by atoms with Crippen molar-refractivity contribution in [3.8, 4) is 0 Å². The Labute approximate surface area is 188 Å². The van der Waals surface area contributed by atoms with Gasteiger partial charge in [-0.2, -0.15) is 16.9 Å². The van der Waals surface area contributed by atoms with Gasteiger partial charge in [-0.1, -0.05) is 13.8 Å². The van der Waals surface area contributed by atoms with E-state index in [1.54, 1.807) is 43.4 Å². The number of aryl methyl sites for hydroxylation is 1. The predicted molar refractivity (Wildman–Crippen MR) is 120 cm³/mol. The average Bonchev–Trinajstić information content (AvgIpc) is 3.09. The molecule has 2 heterocycles. The fourth-order valence-corrected chi connectivity index (χ4v) is 4.25. The third-order valence-electron chi connectivity index (χ3n) is 4.62. The van der Waals surface area contributed by atoms with Crippen molar-refractivity contribution in [1.29, 1.82) is 0 Å². The summed E-state index contributed by atoms with van der Waals surface area (Å²) in [6.45, 7) is 10.1. The van der Waals surface area contributed by atoms with Crippen LogP contribution in [0, 0.1) is 5.92 Å². The van der Waals surface area contributed by atoms with Crippen LogP contribution < -0.4 is 10.6 Å². The van der Waals surface area contributed by atoms with Gasteiger partial charge in [0.1, 0.15) is 17.7 Å². The molecule has 1 saturated heterocycles. The normalized spacial score (nSPS) is 17.9. The second-order valence-electron chi connectivity index (χ2n) is 9.20. The molecule has 2 rings (SSSR count). The van der Waals surface area contributed by atoms with Crippen LogP contribution in [0.4, 0.5) is 4.79 Å². The van der Waals surface area contributed by atoms with Gasteiger partial charge in [0.2, 0.25) is 11.8 Å². The van der Waals surface area contributed by atoms with Crippen LogP contribution in [0.1, 0.15) is 46.6 Å². The fraction of sp³-hybridized carbons (Fsp3) is 0.714. The van der Waals surface area contributed by atoms with Gasteiger partial charge in [0, 0.05) is 43.4 Å². The lowest BCUT2D eigenvalue weighted by Crippen LogP contribution is -2.58. The molecule has 0 aliphatic carbocycles. The SMILES string of the molecule is CC(C)C[C@H](NC(=O)[C@@H]1CSCCN1C(=O)OC(C)(C)C)C(=O)NCc1cnn(C)c1. The van der Waals surface area contributed by atoms with Gasteiger partial charge in [0.25, 0.3) is 0 Å². The highest BCUT2D eigenvalue weighted by molar-refractivity contribution is 7.99. The number of nitrogens with zero attached hydrogens (tertiary/aromatic N) is 3. The summed E-state index contributed by atoms with van der Waals surface area (Å²) in [4.78, 5) is 40.0. The van der Waals surface area contributed by atoms with E-state index in [2.05, 4.69) is 15.7 Å². The fourth-order valence-electron chi connectivity index (χ4n) is 3.21. The van der Waals surface area contributed by atoms with E-state index in [0.29, 0.717) is 25.3 Å². The van der Waals surface area contributed by atoms with Gasteiger partial charge in [0.05, 0.1) is 6.20 Å². The molecule has 9 nitrogen and oxygen atoms in total. The first-order valence-electron chi connectivity index (χ1n) is 10.6. The van der Waals surface area contributed by atoms with Gasteiger partial charge in [-0.3, -0.25) is 19.2 Å². The van der Waals surface area contributed by atoms with Gasteiger partial charge in [-0.25, -0.2) is 4.79 Å². The van der Waals surface area contributed by atoms with Crippen LogP contribution in [0.25, 0.3) is 0 Å². The molecule has 0 bridgehead atoms. The summed E-state index contributed by atoms with van der Waals surface area (Å²) in [5.41, 5.74) is 0.236. The summed E-state index contributed by atoms with van der Waals surface area (Å²) in [6.07, 6.45) is 3.51. The molecule has 1 fully saturated rings. The second kappa shape index (κ2) is 10.9. The van der Waals surface area contributed by atoms with Crippen LogP contribution in [-0.4, -0.2) is 68.3 Å². The van der Waals surface area contributed by atoms with Crippen molar-refractivity contribution in [2.45, 2.75) is 65.3 Å². The molecular formula is C21H35N5O4S. The molecular weight excluding hydrogens is 418 g/mol. The zero-order valence-corrected chi connectivity index (χ0v) is 20.1. The third-order valence-corrected chi connectivity index (χ3v) is 5.65. The molecule has 1 aliphatic heterocycles. The Balaban J connectivity index is 2.04. The summed E-state index contributed by atoms with van der Waals surface area (Å²) in [5, 5.41) is 9.84. The first-order chi connectivity index (χ1) is 14.5. The van der Waals surface area contributed by atoms with Gasteiger partial charge in [0.15, 0.2) is 0 Å². The minimum Gasteiger partial charge on any atom is -0.444 e. The number of aromatic nitrogens is 2. The molecule has 0 radical (unpaired) electrons. The average molecular weight is 454 g/mol. The number of hydrogen-bond acceptors (Lipinski definition) is 6. The third kappa shape index (κ3) is 8.08. The van der Waals surface area contributed by atoms with E-state index in [1.165, 1.54) is 4.90 Å². The molecule has 0 aromatic carbocycles. The summed E-state index contributed by atoms with van der Waals surface area (Å²) in [6, 6.07) is -1.36. The van der Waals surface area contributed by atoms with Gasteiger partial charge < -0.3 is 15.4 Å². The Kier molecular flexibility index (Phi) is 8.79. The molecule has 1 aromatic rings. The van der Waals surface area contributed by atoms with Crippen LogP contribution in [0.2, 0.25) is 0 Å². The van der Waals surface area contributed by atoms with Crippen LogP contribution in [0.3, 0.4) is 0 Å². The maximum absolute atomic E-state index is 13.1. The van der Waals surface area contributed by atoms with Gasteiger partial charge >= 0.3 is 6.09 Å². The highest BCUT2D eigenvalue weighted by atomic mass is 32.2. The lowest BCUT2D eigenvalue weighted by atomic mass is 10.0. The number of carbonyl (C=O) groups excluding carboxylic acids is 3. The number of thioether (sulfide) groups is 1. The molecule has 0 unspecified atom stereocenters. The predicted octanol–water partition coefficient (Wildman–Crippen LogP) is 1.92. The highest BCUT2D eigenvalue weighted by Gasteiger charge is 2.36. The van der Waals surface area contributed by atoms with Crippen LogP contribution >= 0.6 is 11.8 Å². The summed E-state index contributed by atoms with van der Waals surface area (Å²) in [5.74, 6) is 0.830. The smallest absolute Gasteiger partial charge is 0.411 e. The standard InChI is InChI=1S/C21H35N5O4S/c1-14(2)9-16(18(27)22-10-15-11-23-25(6)12-15)24-19(28)17-13-31-8-7-26(17)20(29)30-21(3,4)5/h11-12,14,16-17H,7-10,13H2,1-6H3,(H,22,27)(H,24,28)/t16-,17-/m0/s1. The van der Waals surface area contributed by atoms with Crippen molar-refractivity contribution in [3.05, 3.63) is 18.0 Å². The summed E-state index contributed by atoms with van der Waals surface area (Å²) >= 11 is 1.61. The molecule has 2 N–H and O–H groups in total. The van der Waals surface area contributed by atoms with E-state index in [1.807, 2.05) is 27.1 Å². The maximum Gasteiger partial charge on any atom is 0.411 e. The van der Waals surface area contributed by atoms with Crippen molar-refractivity contribution in [2.24, 2.45) is 13.0 Å². The monoisotopic (exact) mass is 453 g/mol.